The highest BCUT2D eigenvalue weighted by molar-refractivity contribution is 9.10. The van der Waals surface area contributed by atoms with Gasteiger partial charge in [0.2, 0.25) is 0 Å². The van der Waals surface area contributed by atoms with Gasteiger partial charge in [-0.3, -0.25) is 0 Å². The second-order valence-electron chi connectivity index (χ2n) is 8.25. The van der Waals surface area contributed by atoms with Crippen LogP contribution in [0, 0.1) is 13.8 Å². The topological polar surface area (TPSA) is 28.7 Å². The first-order valence-corrected chi connectivity index (χ1v) is 12.2. The third kappa shape index (κ3) is 6.96. The lowest BCUT2D eigenvalue weighted by Gasteiger charge is -2.21. The molecule has 4 heteroatoms. The molecule has 0 fully saturated rings. The number of benzene rings is 3. The molecule has 0 bridgehead atoms. The maximum absolute atomic E-state index is 4.17. The van der Waals surface area contributed by atoms with Gasteiger partial charge in [0.05, 0.1) is 0 Å². The highest BCUT2D eigenvalue weighted by Crippen LogP contribution is 2.33. The number of nitrogens with one attached hydrogen (secondary N) is 1. The average molecular weight is 487 g/mol. The molecular formula is C28H32BBrN2. The van der Waals surface area contributed by atoms with Crippen molar-refractivity contribution in [1.29, 1.82) is 0 Å². The van der Waals surface area contributed by atoms with Crippen LogP contribution in [0.5, 0.6) is 0 Å². The Morgan fingerprint density at radius 1 is 0.875 bits per heavy atom. The minimum Gasteiger partial charge on any atom is -0.348 e. The fraction of sp³-hybridized carbons (Fsp3) is 0.250. The van der Waals surface area contributed by atoms with Gasteiger partial charge in [-0.1, -0.05) is 89.3 Å². The number of nitrogens with zero attached hydrogens (tertiary/aromatic N) is 1. The van der Waals surface area contributed by atoms with Crippen molar-refractivity contribution in [2.45, 2.75) is 45.3 Å². The fourth-order valence-electron chi connectivity index (χ4n) is 4.03. The number of rotatable bonds is 7. The molecule has 2 nitrogen and oxygen atoms in total. The number of hydrogen-bond donors (Lipinski definition) is 1. The predicted octanol–water partition coefficient (Wildman–Crippen LogP) is 7.03. The molecule has 0 unspecified atom stereocenters. The quantitative estimate of drug-likeness (QED) is 0.279. The summed E-state index contributed by atoms with van der Waals surface area (Å²) in [6.07, 6.45) is 8.26. The summed E-state index contributed by atoms with van der Waals surface area (Å²) in [5.41, 5.74) is 7.06. The zero-order chi connectivity index (χ0) is 22.8. The van der Waals surface area contributed by atoms with Gasteiger partial charge in [-0.05, 0) is 60.2 Å². The molecule has 0 spiro atoms. The van der Waals surface area contributed by atoms with E-state index >= 15 is 0 Å². The highest BCUT2D eigenvalue weighted by Gasteiger charge is 2.16. The number of aromatic nitrogens is 2. The van der Waals surface area contributed by atoms with Gasteiger partial charge in [-0.15, -0.1) is 0 Å². The van der Waals surface area contributed by atoms with E-state index in [-0.39, 0.29) is 0 Å². The Bertz CT molecular complexity index is 1030. The third-order valence-corrected chi connectivity index (χ3v) is 6.34. The van der Waals surface area contributed by atoms with E-state index in [2.05, 4.69) is 108 Å². The van der Waals surface area contributed by atoms with Crippen LogP contribution in [0.2, 0.25) is 6.32 Å². The van der Waals surface area contributed by atoms with Crippen LogP contribution in [-0.2, 0) is 6.42 Å². The number of H-pyrrole nitrogens is 1. The van der Waals surface area contributed by atoms with Crippen molar-refractivity contribution in [3.05, 3.63) is 123 Å². The maximum Gasteiger partial charge on any atom is 0.110 e. The van der Waals surface area contributed by atoms with Gasteiger partial charge in [-0.25, -0.2) is 4.98 Å². The molecular weight excluding hydrogens is 455 g/mol. The molecule has 4 rings (SSSR count). The summed E-state index contributed by atoms with van der Waals surface area (Å²) in [6.45, 7) is 4.46. The second-order valence-corrected chi connectivity index (χ2v) is 9.16. The number of halogens is 1. The average Bonchev–Trinajstić information content (AvgIpc) is 3.31. The van der Waals surface area contributed by atoms with E-state index in [0.29, 0.717) is 5.92 Å². The minimum atomic E-state index is 0.544. The van der Waals surface area contributed by atoms with E-state index < -0.39 is 0 Å². The lowest BCUT2D eigenvalue weighted by atomic mass is 9.81. The van der Waals surface area contributed by atoms with E-state index in [0.717, 1.165) is 16.7 Å². The van der Waals surface area contributed by atoms with Crippen LogP contribution < -0.4 is 0 Å². The summed E-state index contributed by atoms with van der Waals surface area (Å²) in [6, 6.07) is 25.9. The highest BCUT2D eigenvalue weighted by atomic mass is 79.9. The van der Waals surface area contributed by atoms with Gasteiger partial charge >= 0.3 is 0 Å². The monoisotopic (exact) mass is 486 g/mol. The molecule has 0 atom stereocenters. The first-order chi connectivity index (χ1) is 15.6. The smallest absolute Gasteiger partial charge is 0.110 e. The Morgan fingerprint density at radius 2 is 1.47 bits per heavy atom. The first kappa shape index (κ1) is 24.1. The summed E-state index contributed by atoms with van der Waals surface area (Å²) in [4.78, 5) is 7.24. The van der Waals surface area contributed by atoms with Gasteiger partial charge in [-0.2, -0.15) is 0 Å². The van der Waals surface area contributed by atoms with Gasteiger partial charge in [0.1, 0.15) is 13.7 Å². The van der Waals surface area contributed by atoms with Crippen molar-refractivity contribution in [3.8, 4) is 0 Å². The molecule has 0 saturated carbocycles. The summed E-state index contributed by atoms with van der Waals surface area (Å²) >= 11 is 3.40. The number of aromatic amines is 1. The molecule has 0 aliphatic carbocycles. The van der Waals surface area contributed by atoms with Crippen molar-refractivity contribution in [3.63, 3.8) is 0 Å². The third-order valence-electron chi connectivity index (χ3n) is 5.81. The van der Waals surface area contributed by atoms with Crippen LogP contribution in [-0.4, -0.2) is 17.8 Å². The second kappa shape index (κ2) is 12.5. The van der Waals surface area contributed by atoms with E-state index in [4.69, 9.17) is 0 Å². The van der Waals surface area contributed by atoms with E-state index in [1.165, 1.54) is 47.0 Å². The molecule has 1 heterocycles. The van der Waals surface area contributed by atoms with E-state index in [9.17, 15) is 0 Å². The number of imidazole rings is 1. The minimum absolute atomic E-state index is 0.544. The number of aryl methyl sites for hydroxylation is 2. The molecule has 3 aromatic carbocycles. The zero-order valence-corrected chi connectivity index (χ0v) is 20.9. The fourth-order valence-corrected chi connectivity index (χ4v) is 4.30. The zero-order valence-electron chi connectivity index (χ0n) is 19.3. The van der Waals surface area contributed by atoms with Crippen LogP contribution >= 0.6 is 15.9 Å². The standard InChI is InChI=1S/C18H23B.C10H9BrN2/c1-14-8-3-5-10-16(14)18(12-7-13-19)17-11-6-4-9-15(17)2;11-9-3-1-8(2-4-9)7-10-12-5-6-13-10/h3-6,8-11,18H,7,12-13,19H2,1-2H3;1-6H,7H2,(H,12,13). The largest absolute Gasteiger partial charge is 0.348 e. The Labute approximate surface area is 202 Å². The van der Waals surface area contributed by atoms with E-state index in [1.807, 2.05) is 18.3 Å². The van der Waals surface area contributed by atoms with Gasteiger partial charge < -0.3 is 4.98 Å². The van der Waals surface area contributed by atoms with Crippen LogP contribution in [0.15, 0.2) is 89.7 Å². The summed E-state index contributed by atoms with van der Waals surface area (Å²) in [5.74, 6) is 1.55. The molecule has 0 aliphatic heterocycles. The molecule has 0 amide bonds. The van der Waals surface area contributed by atoms with E-state index in [1.54, 1.807) is 6.20 Å². The summed E-state index contributed by atoms with van der Waals surface area (Å²) in [5, 5.41) is 0. The Morgan fingerprint density at radius 3 is 1.97 bits per heavy atom. The van der Waals surface area contributed by atoms with Crippen molar-refractivity contribution >= 4 is 23.8 Å². The molecule has 164 valence electrons. The molecule has 4 aromatic rings. The number of hydrogen-bond acceptors (Lipinski definition) is 1. The molecule has 32 heavy (non-hydrogen) atoms. The van der Waals surface area contributed by atoms with Crippen LogP contribution in [0.1, 0.15) is 52.4 Å². The lowest BCUT2D eigenvalue weighted by molar-refractivity contribution is 0.691. The van der Waals surface area contributed by atoms with Crippen molar-refractivity contribution in [2.75, 3.05) is 0 Å². The van der Waals surface area contributed by atoms with Gasteiger partial charge in [0, 0.05) is 29.2 Å². The molecule has 1 N–H and O–H groups in total. The Kier molecular flexibility index (Phi) is 9.36. The summed E-state index contributed by atoms with van der Waals surface area (Å²) in [7, 11) is 2.27. The molecule has 0 saturated heterocycles. The normalized spacial score (nSPS) is 10.6. The molecule has 1 aromatic heterocycles. The van der Waals surface area contributed by atoms with Crippen molar-refractivity contribution in [1.82, 2.24) is 9.97 Å². The maximum atomic E-state index is 4.17. The lowest BCUT2D eigenvalue weighted by Crippen LogP contribution is -2.05. The molecule has 0 aliphatic rings. The van der Waals surface area contributed by atoms with Crippen molar-refractivity contribution < 1.29 is 0 Å². The van der Waals surface area contributed by atoms with Gasteiger partial charge in [0.15, 0.2) is 0 Å². The summed E-state index contributed by atoms with van der Waals surface area (Å²) < 4.78 is 1.11. The predicted molar refractivity (Wildman–Crippen MR) is 142 cm³/mol. The molecule has 0 radical (unpaired) electrons. The Hall–Kier alpha value is -2.59. The first-order valence-electron chi connectivity index (χ1n) is 11.4. The SMILES string of the molecule is BCCCC(c1ccccc1C)c1ccccc1C.Brc1ccc(Cc2ncc[nH]2)cc1. The van der Waals surface area contributed by atoms with Crippen molar-refractivity contribution in [2.24, 2.45) is 0 Å². The van der Waals surface area contributed by atoms with Gasteiger partial charge in [0.25, 0.3) is 0 Å². The van der Waals surface area contributed by atoms with Crippen LogP contribution in [0.4, 0.5) is 0 Å². The Balaban J connectivity index is 0.000000193. The van der Waals surface area contributed by atoms with Crippen LogP contribution in [0.3, 0.4) is 0 Å². The van der Waals surface area contributed by atoms with Crippen LogP contribution in [0.25, 0.3) is 0 Å².